The van der Waals surface area contributed by atoms with Gasteiger partial charge in [-0.3, -0.25) is 4.79 Å². The molecule has 0 radical (unpaired) electrons. The van der Waals surface area contributed by atoms with Crippen LogP contribution in [0.2, 0.25) is 5.02 Å². The highest BCUT2D eigenvalue weighted by Crippen LogP contribution is 2.23. The maximum atomic E-state index is 11.7. The predicted molar refractivity (Wildman–Crippen MR) is 78.8 cm³/mol. The first-order chi connectivity index (χ1) is 9.72. The molecule has 1 aliphatic rings. The molecule has 0 bridgehead atoms. The van der Waals surface area contributed by atoms with Gasteiger partial charge in [-0.2, -0.15) is 0 Å². The van der Waals surface area contributed by atoms with E-state index in [1.165, 1.54) is 0 Å². The summed E-state index contributed by atoms with van der Waals surface area (Å²) in [5.41, 5.74) is 4.99. The molecule has 0 spiro atoms. The van der Waals surface area contributed by atoms with Gasteiger partial charge in [-0.1, -0.05) is 41.9 Å². The minimum atomic E-state index is 0.0272. The number of hydrazine groups is 1. The highest BCUT2D eigenvalue weighted by molar-refractivity contribution is 6.30. The van der Waals surface area contributed by atoms with Crippen molar-refractivity contribution in [2.45, 2.75) is 12.5 Å². The Balaban J connectivity index is 1.94. The molecular formula is C16H14ClN2O+. The number of carbonyl (C=O) groups is 1. The van der Waals surface area contributed by atoms with Crippen LogP contribution in [0.25, 0.3) is 0 Å². The number of hydrogen-bond donors (Lipinski definition) is 1. The van der Waals surface area contributed by atoms with E-state index in [0.29, 0.717) is 11.4 Å². The third-order valence-corrected chi connectivity index (χ3v) is 3.56. The summed E-state index contributed by atoms with van der Waals surface area (Å²) in [5, 5.41) is 0.701. The summed E-state index contributed by atoms with van der Waals surface area (Å²) in [6, 6.07) is 17.6. The Morgan fingerprint density at radius 2 is 1.80 bits per heavy atom. The standard InChI is InChI=1S/C16H13ClN2O/c17-14-8-6-12(7-9-14)11-19-15(10-16(20)18-19)13-4-2-1-3-5-13/h1-9,11,15H,10H2/p+1/b19-11-. The number of hydrazone groups is 1. The van der Waals surface area contributed by atoms with Crippen molar-refractivity contribution in [3.8, 4) is 0 Å². The van der Waals surface area contributed by atoms with Gasteiger partial charge in [0.15, 0.2) is 0 Å². The Morgan fingerprint density at radius 1 is 1.10 bits per heavy atom. The molecule has 1 amide bonds. The van der Waals surface area contributed by atoms with E-state index in [1.54, 1.807) is 0 Å². The molecule has 1 saturated heterocycles. The van der Waals surface area contributed by atoms with E-state index >= 15 is 0 Å². The summed E-state index contributed by atoms with van der Waals surface area (Å²) in [7, 11) is 0. The molecular weight excluding hydrogens is 272 g/mol. The molecule has 1 atom stereocenters. The maximum Gasteiger partial charge on any atom is 0.281 e. The summed E-state index contributed by atoms with van der Waals surface area (Å²) in [6.45, 7) is 0. The van der Waals surface area contributed by atoms with E-state index in [4.69, 9.17) is 11.6 Å². The maximum absolute atomic E-state index is 11.7. The van der Waals surface area contributed by atoms with Gasteiger partial charge in [-0.25, -0.2) is 0 Å². The molecule has 100 valence electrons. The third-order valence-electron chi connectivity index (χ3n) is 3.31. The molecule has 3 rings (SSSR count). The van der Waals surface area contributed by atoms with Crippen molar-refractivity contribution in [2.75, 3.05) is 0 Å². The van der Waals surface area contributed by atoms with Gasteiger partial charge in [0, 0.05) is 16.1 Å². The number of halogens is 1. The number of benzene rings is 2. The molecule has 1 N–H and O–H groups in total. The Labute approximate surface area is 122 Å². The highest BCUT2D eigenvalue weighted by Gasteiger charge is 2.35. The summed E-state index contributed by atoms with van der Waals surface area (Å²) in [5.74, 6) is 0.0315. The summed E-state index contributed by atoms with van der Waals surface area (Å²) in [6.07, 6.45) is 2.40. The second-order valence-electron chi connectivity index (χ2n) is 4.75. The van der Waals surface area contributed by atoms with Crippen molar-refractivity contribution in [1.29, 1.82) is 0 Å². The van der Waals surface area contributed by atoms with E-state index in [-0.39, 0.29) is 11.9 Å². The second-order valence-corrected chi connectivity index (χ2v) is 5.19. The van der Waals surface area contributed by atoms with Crippen molar-refractivity contribution < 1.29 is 9.48 Å². The first-order valence-corrected chi connectivity index (χ1v) is 6.83. The summed E-state index contributed by atoms with van der Waals surface area (Å²) < 4.78 is 1.86. The van der Waals surface area contributed by atoms with Crippen molar-refractivity contribution in [3.05, 3.63) is 70.7 Å². The highest BCUT2D eigenvalue weighted by atomic mass is 35.5. The van der Waals surface area contributed by atoms with Crippen molar-refractivity contribution in [2.24, 2.45) is 0 Å². The van der Waals surface area contributed by atoms with Gasteiger partial charge in [-0.15, -0.1) is 10.1 Å². The lowest BCUT2D eigenvalue weighted by Gasteiger charge is -2.05. The smallest absolute Gasteiger partial charge is 0.269 e. The van der Waals surface area contributed by atoms with Gasteiger partial charge in [0.1, 0.15) is 6.42 Å². The molecule has 1 unspecified atom stereocenters. The minimum Gasteiger partial charge on any atom is -0.269 e. The largest absolute Gasteiger partial charge is 0.281 e. The number of nitrogens with zero attached hydrogens (tertiary/aromatic N) is 1. The lowest BCUT2D eigenvalue weighted by atomic mass is 10.1. The molecule has 0 aromatic heterocycles. The van der Waals surface area contributed by atoms with Crippen LogP contribution in [0, 0.1) is 0 Å². The van der Waals surface area contributed by atoms with Crippen LogP contribution < -0.4 is 5.43 Å². The average molecular weight is 286 g/mol. The van der Waals surface area contributed by atoms with Gasteiger partial charge in [0.2, 0.25) is 12.3 Å². The van der Waals surface area contributed by atoms with Crippen LogP contribution in [0.15, 0.2) is 54.6 Å². The summed E-state index contributed by atoms with van der Waals surface area (Å²) in [4.78, 5) is 11.7. The second kappa shape index (κ2) is 5.47. The molecule has 20 heavy (non-hydrogen) atoms. The van der Waals surface area contributed by atoms with Gasteiger partial charge in [0.25, 0.3) is 5.91 Å². The number of rotatable bonds is 2. The molecule has 4 heteroatoms. The van der Waals surface area contributed by atoms with Crippen molar-refractivity contribution in [3.63, 3.8) is 0 Å². The first-order valence-electron chi connectivity index (χ1n) is 6.45. The first kappa shape index (κ1) is 12.9. The molecule has 2 aromatic carbocycles. The van der Waals surface area contributed by atoms with Crippen LogP contribution in [0.5, 0.6) is 0 Å². The fraction of sp³-hybridized carbons (Fsp3) is 0.125. The van der Waals surface area contributed by atoms with Crippen LogP contribution in [0.1, 0.15) is 23.6 Å². The lowest BCUT2D eigenvalue weighted by Crippen LogP contribution is -2.26. The lowest BCUT2D eigenvalue weighted by molar-refractivity contribution is -0.594. The van der Waals surface area contributed by atoms with Crippen LogP contribution in [-0.4, -0.2) is 16.8 Å². The zero-order valence-electron chi connectivity index (χ0n) is 10.8. The number of amides is 1. The molecule has 1 aliphatic heterocycles. The van der Waals surface area contributed by atoms with E-state index in [2.05, 4.69) is 5.43 Å². The molecule has 0 aliphatic carbocycles. The van der Waals surface area contributed by atoms with Crippen LogP contribution in [0.4, 0.5) is 0 Å². The Kier molecular flexibility index (Phi) is 3.52. The van der Waals surface area contributed by atoms with Crippen molar-refractivity contribution in [1.82, 2.24) is 5.43 Å². The normalized spacial score (nSPS) is 20.1. The number of carbonyl (C=O) groups excluding carboxylic acids is 1. The SMILES string of the molecule is O=C1CC(c2ccccc2)/[N+](=C/c2ccc(Cl)cc2)N1. The average Bonchev–Trinajstić information content (AvgIpc) is 2.83. The summed E-state index contributed by atoms with van der Waals surface area (Å²) >= 11 is 5.88. The molecule has 0 saturated carbocycles. The minimum absolute atomic E-state index is 0.0272. The van der Waals surface area contributed by atoms with E-state index < -0.39 is 0 Å². The van der Waals surface area contributed by atoms with Crippen LogP contribution in [0.3, 0.4) is 0 Å². The number of hydrogen-bond acceptors (Lipinski definition) is 1. The zero-order chi connectivity index (χ0) is 13.9. The molecule has 1 heterocycles. The molecule has 1 fully saturated rings. The van der Waals surface area contributed by atoms with Gasteiger partial charge < -0.3 is 0 Å². The fourth-order valence-corrected chi connectivity index (χ4v) is 2.45. The van der Waals surface area contributed by atoms with E-state index in [0.717, 1.165) is 11.1 Å². The third kappa shape index (κ3) is 2.73. The monoisotopic (exact) mass is 285 g/mol. The predicted octanol–water partition coefficient (Wildman–Crippen LogP) is 2.95. The Morgan fingerprint density at radius 3 is 2.50 bits per heavy atom. The quantitative estimate of drug-likeness (QED) is 0.846. The van der Waals surface area contributed by atoms with Crippen LogP contribution in [-0.2, 0) is 4.79 Å². The van der Waals surface area contributed by atoms with E-state index in [1.807, 2.05) is 65.5 Å². The molecule has 2 aromatic rings. The van der Waals surface area contributed by atoms with Crippen molar-refractivity contribution >= 4 is 23.7 Å². The zero-order valence-corrected chi connectivity index (χ0v) is 11.5. The van der Waals surface area contributed by atoms with Crippen LogP contribution >= 0.6 is 11.6 Å². The topological polar surface area (TPSA) is 32.1 Å². The number of nitrogens with one attached hydrogen (secondary N) is 1. The Hall–Kier alpha value is -2.13. The fourth-order valence-electron chi connectivity index (χ4n) is 2.33. The van der Waals surface area contributed by atoms with Gasteiger partial charge >= 0.3 is 0 Å². The Bertz CT molecular complexity index is 650. The van der Waals surface area contributed by atoms with Gasteiger partial charge in [0.05, 0.1) is 0 Å². The van der Waals surface area contributed by atoms with E-state index in [9.17, 15) is 4.79 Å². The van der Waals surface area contributed by atoms with Gasteiger partial charge in [-0.05, 0) is 24.3 Å². The molecule has 3 nitrogen and oxygen atoms in total.